The Morgan fingerprint density at radius 1 is 1.53 bits per heavy atom. The summed E-state index contributed by atoms with van der Waals surface area (Å²) in [7, 11) is 1.36. The minimum atomic E-state index is -0.386. The van der Waals surface area contributed by atoms with Crippen molar-refractivity contribution in [2.75, 3.05) is 19.5 Å². The Kier molecular flexibility index (Phi) is 3.91. The SMILES string of the molecule is COC(=O)N1[C@H](CO)CS[C@@H]1c1ccccc1. The smallest absolute Gasteiger partial charge is 0.411 e. The van der Waals surface area contributed by atoms with Crippen molar-refractivity contribution in [3.63, 3.8) is 0 Å². The summed E-state index contributed by atoms with van der Waals surface area (Å²) in [4.78, 5) is 13.4. The molecule has 1 aliphatic rings. The van der Waals surface area contributed by atoms with Crippen molar-refractivity contribution < 1.29 is 14.6 Å². The molecule has 2 rings (SSSR count). The number of carbonyl (C=O) groups excluding carboxylic acids is 1. The Morgan fingerprint density at radius 3 is 2.82 bits per heavy atom. The Balaban J connectivity index is 2.25. The van der Waals surface area contributed by atoms with E-state index in [0.717, 1.165) is 11.3 Å². The molecule has 1 aromatic rings. The van der Waals surface area contributed by atoms with E-state index in [2.05, 4.69) is 0 Å². The van der Waals surface area contributed by atoms with E-state index in [9.17, 15) is 9.90 Å². The second kappa shape index (κ2) is 5.42. The number of thioether (sulfide) groups is 1. The number of hydrogen-bond donors (Lipinski definition) is 1. The first-order chi connectivity index (χ1) is 8.27. The lowest BCUT2D eigenvalue weighted by Gasteiger charge is -2.27. The van der Waals surface area contributed by atoms with Gasteiger partial charge in [-0.25, -0.2) is 4.79 Å². The average Bonchev–Trinajstić information content (AvgIpc) is 2.82. The maximum atomic E-state index is 11.7. The van der Waals surface area contributed by atoms with Crippen LogP contribution in [0.1, 0.15) is 10.9 Å². The van der Waals surface area contributed by atoms with E-state index in [0.29, 0.717) is 0 Å². The second-order valence-electron chi connectivity index (χ2n) is 3.81. The number of methoxy groups -OCH3 is 1. The fraction of sp³-hybridized carbons (Fsp3) is 0.417. The molecule has 0 bridgehead atoms. The summed E-state index contributed by atoms with van der Waals surface area (Å²) in [6, 6.07) is 9.61. The van der Waals surface area contributed by atoms with E-state index in [1.165, 1.54) is 7.11 Å². The Hall–Kier alpha value is -1.20. The highest BCUT2D eigenvalue weighted by molar-refractivity contribution is 7.99. The predicted molar refractivity (Wildman–Crippen MR) is 66.8 cm³/mol. The van der Waals surface area contributed by atoms with Crippen molar-refractivity contribution in [3.8, 4) is 0 Å². The van der Waals surface area contributed by atoms with Crippen molar-refractivity contribution in [1.29, 1.82) is 0 Å². The van der Waals surface area contributed by atoms with Gasteiger partial charge >= 0.3 is 6.09 Å². The van der Waals surface area contributed by atoms with Crippen LogP contribution >= 0.6 is 11.8 Å². The zero-order chi connectivity index (χ0) is 12.3. The summed E-state index contributed by atoms with van der Waals surface area (Å²) in [5, 5.41) is 9.21. The molecule has 1 aromatic carbocycles. The molecule has 0 aliphatic carbocycles. The van der Waals surface area contributed by atoms with Crippen LogP contribution in [0.4, 0.5) is 4.79 Å². The molecule has 1 saturated heterocycles. The van der Waals surface area contributed by atoms with Gasteiger partial charge in [0.25, 0.3) is 0 Å². The van der Waals surface area contributed by atoms with Gasteiger partial charge in [-0.05, 0) is 5.56 Å². The van der Waals surface area contributed by atoms with Crippen LogP contribution in [0.2, 0.25) is 0 Å². The highest BCUT2D eigenvalue weighted by Gasteiger charge is 2.38. The summed E-state index contributed by atoms with van der Waals surface area (Å²) >= 11 is 1.65. The van der Waals surface area contributed by atoms with Gasteiger partial charge in [-0.3, -0.25) is 4.90 Å². The zero-order valence-electron chi connectivity index (χ0n) is 9.57. The second-order valence-corrected chi connectivity index (χ2v) is 4.92. The molecule has 92 valence electrons. The van der Waals surface area contributed by atoms with Crippen LogP contribution < -0.4 is 0 Å². The number of ether oxygens (including phenoxy) is 1. The van der Waals surface area contributed by atoms with Crippen LogP contribution in [-0.4, -0.2) is 41.6 Å². The number of benzene rings is 1. The third-order valence-corrected chi connectivity index (χ3v) is 4.17. The normalized spacial score (nSPS) is 23.8. The highest BCUT2D eigenvalue weighted by atomic mass is 32.2. The van der Waals surface area contributed by atoms with Gasteiger partial charge in [-0.1, -0.05) is 30.3 Å². The van der Waals surface area contributed by atoms with Crippen molar-refractivity contribution in [3.05, 3.63) is 35.9 Å². The Bertz CT molecular complexity index is 385. The topological polar surface area (TPSA) is 49.8 Å². The summed E-state index contributed by atoms with van der Waals surface area (Å²) in [6.07, 6.45) is -0.386. The van der Waals surface area contributed by atoms with Gasteiger partial charge in [0.05, 0.1) is 19.8 Å². The van der Waals surface area contributed by atoms with Gasteiger partial charge < -0.3 is 9.84 Å². The lowest BCUT2D eigenvalue weighted by molar-refractivity contribution is 0.0903. The standard InChI is InChI=1S/C12H15NO3S/c1-16-12(15)13-10(7-14)8-17-11(13)9-5-3-2-4-6-9/h2-6,10-11,14H,7-8H2,1H3/t10-,11-/m1/s1. The van der Waals surface area contributed by atoms with Gasteiger partial charge in [-0.2, -0.15) is 0 Å². The number of aliphatic hydroxyl groups excluding tert-OH is 1. The molecule has 0 saturated carbocycles. The van der Waals surface area contributed by atoms with Crippen LogP contribution in [0.25, 0.3) is 0 Å². The van der Waals surface area contributed by atoms with Crippen molar-refractivity contribution >= 4 is 17.9 Å². The van der Waals surface area contributed by atoms with Gasteiger partial charge in [0.1, 0.15) is 5.37 Å². The largest absolute Gasteiger partial charge is 0.453 e. The number of nitrogens with zero attached hydrogens (tertiary/aromatic N) is 1. The van der Waals surface area contributed by atoms with E-state index in [4.69, 9.17) is 4.74 Å². The van der Waals surface area contributed by atoms with Crippen molar-refractivity contribution in [2.45, 2.75) is 11.4 Å². The number of rotatable bonds is 2. The number of amides is 1. The molecule has 1 heterocycles. The van der Waals surface area contributed by atoms with Gasteiger partial charge in [0.2, 0.25) is 0 Å². The number of hydrogen-bond acceptors (Lipinski definition) is 4. The zero-order valence-corrected chi connectivity index (χ0v) is 10.4. The molecule has 1 fully saturated rings. The molecule has 1 amide bonds. The lowest BCUT2D eigenvalue weighted by Crippen LogP contribution is -2.40. The Labute approximate surface area is 105 Å². The molecule has 0 aromatic heterocycles. The van der Waals surface area contributed by atoms with Gasteiger partial charge in [-0.15, -0.1) is 11.8 Å². The summed E-state index contributed by atoms with van der Waals surface area (Å²) < 4.78 is 4.78. The first-order valence-electron chi connectivity index (χ1n) is 5.41. The van der Waals surface area contributed by atoms with Crippen LogP contribution in [0.3, 0.4) is 0 Å². The van der Waals surface area contributed by atoms with Crippen LogP contribution in [0.5, 0.6) is 0 Å². The van der Waals surface area contributed by atoms with Gasteiger partial charge in [0.15, 0.2) is 0 Å². The van der Waals surface area contributed by atoms with E-state index >= 15 is 0 Å². The molecule has 0 radical (unpaired) electrons. The fourth-order valence-corrected chi connectivity index (χ4v) is 3.36. The average molecular weight is 253 g/mol. The van der Waals surface area contributed by atoms with Crippen molar-refractivity contribution in [1.82, 2.24) is 4.90 Å². The molecule has 1 N–H and O–H groups in total. The maximum absolute atomic E-state index is 11.7. The summed E-state index contributed by atoms with van der Waals surface area (Å²) in [5.74, 6) is 0.727. The molecule has 0 spiro atoms. The first kappa shape index (κ1) is 12.3. The number of aliphatic hydroxyl groups is 1. The van der Waals surface area contributed by atoms with Crippen LogP contribution in [-0.2, 0) is 4.74 Å². The summed E-state index contributed by atoms with van der Waals surface area (Å²) in [6.45, 7) is -0.0363. The molecule has 0 unspecified atom stereocenters. The van der Waals surface area contributed by atoms with Crippen LogP contribution in [0, 0.1) is 0 Å². The predicted octanol–water partition coefficient (Wildman–Crippen LogP) is 1.86. The van der Waals surface area contributed by atoms with E-state index in [1.54, 1.807) is 16.7 Å². The Morgan fingerprint density at radius 2 is 2.24 bits per heavy atom. The molecular formula is C12H15NO3S. The highest BCUT2D eigenvalue weighted by Crippen LogP contribution is 2.41. The summed E-state index contributed by atoms with van der Waals surface area (Å²) in [5.41, 5.74) is 1.05. The maximum Gasteiger partial charge on any atom is 0.411 e. The molecule has 17 heavy (non-hydrogen) atoms. The third-order valence-electron chi connectivity index (χ3n) is 2.77. The van der Waals surface area contributed by atoms with Crippen molar-refractivity contribution in [2.24, 2.45) is 0 Å². The minimum Gasteiger partial charge on any atom is -0.453 e. The fourth-order valence-electron chi connectivity index (χ4n) is 1.92. The molecule has 5 heteroatoms. The van der Waals surface area contributed by atoms with E-state index in [1.807, 2.05) is 30.3 Å². The minimum absolute atomic E-state index is 0.0363. The molecule has 2 atom stereocenters. The number of carbonyl (C=O) groups is 1. The van der Waals surface area contributed by atoms with E-state index < -0.39 is 0 Å². The lowest BCUT2D eigenvalue weighted by atomic mass is 10.2. The quantitative estimate of drug-likeness (QED) is 0.874. The monoisotopic (exact) mass is 253 g/mol. The third kappa shape index (κ3) is 2.40. The molecule has 1 aliphatic heterocycles. The van der Waals surface area contributed by atoms with E-state index in [-0.39, 0.29) is 24.1 Å². The van der Waals surface area contributed by atoms with Gasteiger partial charge in [0, 0.05) is 5.75 Å². The molecule has 4 nitrogen and oxygen atoms in total. The van der Waals surface area contributed by atoms with Crippen LogP contribution in [0.15, 0.2) is 30.3 Å². The first-order valence-corrected chi connectivity index (χ1v) is 6.46. The molecular weight excluding hydrogens is 238 g/mol.